The number of fused-ring (bicyclic) bond motifs is 3. The Morgan fingerprint density at radius 1 is 1.21 bits per heavy atom. The largest absolute Gasteiger partial charge is 0.385 e. The lowest BCUT2D eigenvalue weighted by molar-refractivity contribution is -0.911. The second kappa shape index (κ2) is 6.87. The van der Waals surface area contributed by atoms with Gasteiger partial charge in [0, 0.05) is 16.6 Å². The molecule has 0 spiro atoms. The van der Waals surface area contributed by atoms with Crippen molar-refractivity contribution >= 4 is 10.9 Å². The number of ether oxygens (including phenoxy) is 1. The molecule has 2 N–H and O–H groups in total. The first-order chi connectivity index (χ1) is 11.7. The topological polar surface area (TPSA) is 38.8 Å². The number of nitrogens with zero attached hydrogens (tertiary/aromatic N) is 1. The molecule has 1 aromatic carbocycles. The van der Waals surface area contributed by atoms with Gasteiger partial charge in [0.2, 0.25) is 0 Å². The molecule has 4 nitrogen and oxygen atoms in total. The van der Waals surface area contributed by atoms with Crippen LogP contribution in [0.15, 0.2) is 18.2 Å². The van der Waals surface area contributed by atoms with Gasteiger partial charge in [0.15, 0.2) is 0 Å². The molecule has 0 amide bonds. The van der Waals surface area contributed by atoms with E-state index in [0.29, 0.717) is 0 Å². The van der Waals surface area contributed by atoms with E-state index in [2.05, 4.69) is 29.7 Å². The third kappa shape index (κ3) is 3.10. The second-order valence-corrected chi connectivity index (χ2v) is 7.48. The fourth-order valence-electron chi connectivity index (χ4n) is 4.43. The van der Waals surface area contributed by atoms with Crippen LogP contribution < -0.4 is 4.90 Å². The predicted molar refractivity (Wildman–Crippen MR) is 95.7 cm³/mol. The highest BCUT2D eigenvalue weighted by Crippen LogP contribution is 2.32. The quantitative estimate of drug-likeness (QED) is 0.882. The lowest BCUT2D eigenvalue weighted by atomic mass is 9.95. The van der Waals surface area contributed by atoms with Crippen LogP contribution in [0.5, 0.6) is 0 Å². The molecule has 1 atom stereocenters. The molecule has 2 aromatic rings. The van der Waals surface area contributed by atoms with Gasteiger partial charge in [0.1, 0.15) is 25.7 Å². The number of nitrogens with one attached hydrogen (secondary N) is 1. The molecule has 0 saturated carbocycles. The molecule has 0 bridgehead atoms. The first-order valence-electron chi connectivity index (χ1n) is 9.42. The minimum Gasteiger partial charge on any atom is -0.385 e. The van der Waals surface area contributed by atoms with Crippen LogP contribution in [0.3, 0.4) is 0 Å². The first kappa shape index (κ1) is 16.1. The maximum Gasteiger partial charge on any atom is 0.121 e. The number of aryl methyl sites for hydroxylation is 2. The van der Waals surface area contributed by atoms with E-state index in [1.54, 1.807) is 0 Å². The van der Waals surface area contributed by atoms with E-state index in [9.17, 15) is 5.11 Å². The van der Waals surface area contributed by atoms with Crippen LogP contribution in [-0.2, 0) is 24.1 Å². The van der Waals surface area contributed by atoms with Crippen LogP contribution >= 0.6 is 0 Å². The van der Waals surface area contributed by atoms with Crippen molar-refractivity contribution in [2.75, 3.05) is 32.8 Å². The van der Waals surface area contributed by atoms with E-state index in [4.69, 9.17) is 4.74 Å². The molecule has 24 heavy (non-hydrogen) atoms. The van der Waals surface area contributed by atoms with Crippen molar-refractivity contribution in [1.82, 2.24) is 4.57 Å². The minimum atomic E-state index is -0.291. The van der Waals surface area contributed by atoms with Crippen molar-refractivity contribution in [3.8, 4) is 0 Å². The van der Waals surface area contributed by atoms with Crippen molar-refractivity contribution in [2.24, 2.45) is 0 Å². The molecule has 130 valence electrons. The number of aliphatic hydroxyl groups excluding tert-OH is 1. The summed E-state index contributed by atoms with van der Waals surface area (Å²) >= 11 is 0. The van der Waals surface area contributed by atoms with Gasteiger partial charge >= 0.3 is 0 Å². The Morgan fingerprint density at radius 2 is 2.00 bits per heavy atom. The summed E-state index contributed by atoms with van der Waals surface area (Å²) in [5, 5.41) is 12.1. The molecular formula is C20H29N2O2+. The highest BCUT2D eigenvalue weighted by Gasteiger charge is 2.23. The number of aromatic nitrogens is 1. The van der Waals surface area contributed by atoms with Gasteiger partial charge in [-0.1, -0.05) is 11.6 Å². The summed E-state index contributed by atoms with van der Waals surface area (Å²) in [4.78, 5) is 1.47. The van der Waals surface area contributed by atoms with Crippen molar-refractivity contribution < 1.29 is 14.7 Å². The van der Waals surface area contributed by atoms with Crippen LogP contribution in [0, 0.1) is 6.92 Å². The Morgan fingerprint density at radius 3 is 2.83 bits per heavy atom. The maximum absolute atomic E-state index is 10.7. The summed E-state index contributed by atoms with van der Waals surface area (Å²) in [6.45, 7) is 7.39. The van der Waals surface area contributed by atoms with E-state index in [1.807, 2.05) is 0 Å². The first-order valence-corrected chi connectivity index (χ1v) is 9.42. The molecule has 1 aromatic heterocycles. The minimum absolute atomic E-state index is 0.291. The monoisotopic (exact) mass is 329 g/mol. The summed E-state index contributed by atoms with van der Waals surface area (Å²) in [6, 6.07) is 6.77. The Bertz CT molecular complexity index is 716. The van der Waals surface area contributed by atoms with Gasteiger partial charge in [-0.25, -0.2) is 0 Å². The van der Waals surface area contributed by atoms with Gasteiger partial charge in [0.25, 0.3) is 0 Å². The number of hydrogen-bond donors (Lipinski definition) is 2. The highest BCUT2D eigenvalue weighted by molar-refractivity contribution is 5.86. The highest BCUT2D eigenvalue weighted by atomic mass is 16.5. The van der Waals surface area contributed by atoms with Crippen LogP contribution in [0.1, 0.15) is 29.7 Å². The van der Waals surface area contributed by atoms with Crippen molar-refractivity contribution in [3.05, 3.63) is 35.0 Å². The lowest BCUT2D eigenvalue weighted by Gasteiger charge is -2.26. The number of rotatable bonds is 4. The van der Waals surface area contributed by atoms with Gasteiger partial charge in [-0.3, -0.25) is 0 Å². The number of morpholine rings is 1. The average Bonchev–Trinajstić information content (AvgIpc) is 2.89. The summed E-state index contributed by atoms with van der Waals surface area (Å²) in [6.07, 6.45) is 4.61. The lowest BCUT2D eigenvalue weighted by Crippen LogP contribution is -3.15. The van der Waals surface area contributed by atoms with Gasteiger partial charge in [-0.05, 0) is 50.3 Å². The number of quaternary nitrogens is 1. The zero-order valence-corrected chi connectivity index (χ0v) is 14.7. The molecule has 4 heteroatoms. The Balaban J connectivity index is 1.61. The smallest absolute Gasteiger partial charge is 0.121 e. The third-order valence-electron chi connectivity index (χ3n) is 5.65. The normalized spacial score (nSPS) is 20.2. The van der Waals surface area contributed by atoms with Crippen LogP contribution in [0.2, 0.25) is 0 Å². The molecule has 0 unspecified atom stereocenters. The van der Waals surface area contributed by atoms with Crippen molar-refractivity contribution in [3.63, 3.8) is 0 Å². The van der Waals surface area contributed by atoms with Crippen LogP contribution in [0.4, 0.5) is 0 Å². The molecule has 1 fully saturated rings. The molecule has 1 saturated heterocycles. The van der Waals surface area contributed by atoms with Crippen molar-refractivity contribution in [2.45, 2.75) is 45.3 Å². The second-order valence-electron chi connectivity index (χ2n) is 7.48. The van der Waals surface area contributed by atoms with Gasteiger partial charge in [-0.15, -0.1) is 0 Å². The van der Waals surface area contributed by atoms with Crippen LogP contribution in [-0.4, -0.2) is 48.6 Å². The van der Waals surface area contributed by atoms with Crippen molar-refractivity contribution in [1.29, 1.82) is 0 Å². The standard InChI is InChI=1S/C20H28N2O2/c1-15-6-7-20-18(12-15)17-4-2-3-5-19(17)22(20)14-16(23)13-21-8-10-24-11-9-21/h6-7,12,16,23H,2-5,8-11,13-14H2,1H3/p+1/t16-/m0/s1. The summed E-state index contributed by atoms with van der Waals surface area (Å²) in [5.74, 6) is 0. The van der Waals surface area contributed by atoms with E-state index in [1.165, 1.54) is 51.9 Å². The SMILES string of the molecule is Cc1ccc2c(c1)c1c(n2C[C@@H](O)C[NH+]2CCOCC2)CCCC1. The average molecular weight is 329 g/mol. The fraction of sp³-hybridized carbons (Fsp3) is 0.600. The van der Waals surface area contributed by atoms with Gasteiger partial charge in [-0.2, -0.15) is 0 Å². The molecule has 1 aliphatic heterocycles. The fourth-order valence-corrected chi connectivity index (χ4v) is 4.43. The summed E-state index contributed by atoms with van der Waals surface area (Å²) in [7, 11) is 0. The number of benzene rings is 1. The molecule has 0 radical (unpaired) electrons. The van der Waals surface area contributed by atoms with E-state index in [-0.39, 0.29) is 6.10 Å². The molecular weight excluding hydrogens is 300 g/mol. The predicted octanol–water partition coefficient (Wildman–Crippen LogP) is 1.10. The van der Waals surface area contributed by atoms with E-state index >= 15 is 0 Å². The Hall–Kier alpha value is -1.36. The van der Waals surface area contributed by atoms with E-state index < -0.39 is 0 Å². The Kier molecular flexibility index (Phi) is 4.61. The molecule has 4 rings (SSSR count). The van der Waals surface area contributed by atoms with E-state index in [0.717, 1.165) is 45.8 Å². The number of hydrogen-bond acceptors (Lipinski definition) is 2. The third-order valence-corrected chi connectivity index (χ3v) is 5.65. The zero-order chi connectivity index (χ0) is 16.5. The summed E-state index contributed by atoms with van der Waals surface area (Å²) < 4.78 is 7.83. The zero-order valence-electron chi connectivity index (χ0n) is 14.7. The molecule has 2 heterocycles. The Labute approximate surface area is 144 Å². The van der Waals surface area contributed by atoms with Gasteiger partial charge < -0.3 is 19.3 Å². The van der Waals surface area contributed by atoms with Crippen LogP contribution in [0.25, 0.3) is 10.9 Å². The maximum atomic E-state index is 10.7. The summed E-state index contributed by atoms with van der Waals surface area (Å²) in [5.41, 5.74) is 5.64. The molecule has 1 aliphatic carbocycles. The van der Waals surface area contributed by atoms with Gasteiger partial charge in [0.05, 0.1) is 19.8 Å². The molecule has 2 aliphatic rings. The number of aliphatic hydroxyl groups is 1.